The van der Waals surface area contributed by atoms with Gasteiger partial charge in [0.05, 0.1) is 17.6 Å². The third kappa shape index (κ3) is 2.42. The summed E-state index contributed by atoms with van der Waals surface area (Å²) in [7, 11) is 0. The highest BCUT2D eigenvalue weighted by molar-refractivity contribution is 5.87. The maximum absolute atomic E-state index is 12.5. The van der Waals surface area contributed by atoms with Crippen LogP contribution in [0.1, 0.15) is 30.8 Å². The second-order valence-electron chi connectivity index (χ2n) is 5.75. The number of hydrogen-bond donors (Lipinski definition) is 0. The summed E-state index contributed by atoms with van der Waals surface area (Å²) in [5, 5.41) is 0. The minimum Gasteiger partial charge on any atom is -0.482 e. The SMILES string of the molecule is CCOC(=O)n1c(C2CCc3ccccc3O2)nc2ccccc21. The molecule has 5 nitrogen and oxygen atoms in total. The lowest BCUT2D eigenvalue weighted by Crippen LogP contribution is -2.23. The number of imidazole rings is 1. The minimum absolute atomic E-state index is 0.267. The van der Waals surface area contributed by atoms with Crippen molar-refractivity contribution in [3.63, 3.8) is 0 Å². The van der Waals surface area contributed by atoms with Gasteiger partial charge in [-0.2, -0.15) is 0 Å². The van der Waals surface area contributed by atoms with Crippen molar-refractivity contribution < 1.29 is 14.3 Å². The number of carbonyl (C=O) groups is 1. The highest BCUT2D eigenvalue weighted by Crippen LogP contribution is 2.35. The maximum Gasteiger partial charge on any atom is 0.420 e. The Morgan fingerprint density at radius 1 is 1.25 bits per heavy atom. The molecule has 0 bridgehead atoms. The fourth-order valence-corrected chi connectivity index (χ4v) is 3.15. The average molecular weight is 322 g/mol. The number of hydrogen-bond acceptors (Lipinski definition) is 4. The molecular formula is C19H18N2O3. The quantitative estimate of drug-likeness (QED) is 0.712. The number of ether oxygens (including phenoxy) is 2. The van der Waals surface area contributed by atoms with Gasteiger partial charge < -0.3 is 9.47 Å². The number of fused-ring (bicyclic) bond motifs is 2. The van der Waals surface area contributed by atoms with Crippen LogP contribution in [0.25, 0.3) is 11.0 Å². The molecule has 24 heavy (non-hydrogen) atoms. The van der Waals surface area contributed by atoms with E-state index in [4.69, 9.17) is 9.47 Å². The topological polar surface area (TPSA) is 53.4 Å². The Labute approximate surface area is 139 Å². The molecule has 5 heteroatoms. The van der Waals surface area contributed by atoms with E-state index in [1.807, 2.05) is 42.5 Å². The third-order valence-electron chi connectivity index (χ3n) is 4.24. The molecule has 4 rings (SSSR count). The summed E-state index contributed by atoms with van der Waals surface area (Å²) in [4.78, 5) is 17.1. The van der Waals surface area contributed by atoms with Crippen LogP contribution in [0, 0.1) is 0 Å². The van der Waals surface area contributed by atoms with Gasteiger partial charge >= 0.3 is 6.09 Å². The fourth-order valence-electron chi connectivity index (χ4n) is 3.15. The summed E-state index contributed by atoms with van der Waals surface area (Å²) >= 11 is 0. The summed E-state index contributed by atoms with van der Waals surface area (Å²) in [5.41, 5.74) is 2.70. The zero-order chi connectivity index (χ0) is 16.5. The van der Waals surface area contributed by atoms with Crippen LogP contribution in [0.2, 0.25) is 0 Å². The second-order valence-corrected chi connectivity index (χ2v) is 5.75. The first-order chi connectivity index (χ1) is 11.8. The zero-order valence-electron chi connectivity index (χ0n) is 13.4. The van der Waals surface area contributed by atoms with Crippen molar-refractivity contribution in [2.45, 2.75) is 25.9 Å². The molecule has 0 fully saturated rings. The molecule has 1 atom stereocenters. The van der Waals surface area contributed by atoms with Crippen LogP contribution >= 0.6 is 0 Å². The van der Waals surface area contributed by atoms with E-state index in [2.05, 4.69) is 11.1 Å². The van der Waals surface area contributed by atoms with Crippen LogP contribution in [0.15, 0.2) is 48.5 Å². The first-order valence-electron chi connectivity index (χ1n) is 8.17. The molecular weight excluding hydrogens is 304 g/mol. The Morgan fingerprint density at radius 2 is 2.04 bits per heavy atom. The van der Waals surface area contributed by atoms with Gasteiger partial charge in [-0.05, 0) is 43.5 Å². The first-order valence-corrected chi connectivity index (χ1v) is 8.17. The van der Waals surface area contributed by atoms with Gasteiger partial charge in [-0.1, -0.05) is 30.3 Å². The highest BCUT2D eigenvalue weighted by Gasteiger charge is 2.29. The number of nitrogens with zero attached hydrogens (tertiary/aromatic N) is 2. The predicted molar refractivity (Wildman–Crippen MR) is 90.3 cm³/mol. The maximum atomic E-state index is 12.5. The number of aryl methyl sites for hydroxylation is 1. The van der Waals surface area contributed by atoms with Gasteiger partial charge in [0.2, 0.25) is 0 Å². The summed E-state index contributed by atoms with van der Waals surface area (Å²) in [5.74, 6) is 1.46. The lowest BCUT2D eigenvalue weighted by atomic mass is 10.0. The van der Waals surface area contributed by atoms with E-state index in [0.29, 0.717) is 12.4 Å². The van der Waals surface area contributed by atoms with Crippen molar-refractivity contribution in [2.75, 3.05) is 6.61 Å². The van der Waals surface area contributed by atoms with Crippen molar-refractivity contribution in [3.05, 3.63) is 59.9 Å². The summed E-state index contributed by atoms with van der Waals surface area (Å²) < 4.78 is 12.9. The van der Waals surface area contributed by atoms with Gasteiger partial charge in [0.1, 0.15) is 5.75 Å². The van der Waals surface area contributed by atoms with Gasteiger partial charge in [-0.15, -0.1) is 0 Å². The lowest BCUT2D eigenvalue weighted by molar-refractivity contribution is 0.140. The molecule has 0 N–H and O–H groups in total. The van der Waals surface area contributed by atoms with Crippen molar-refractivity contribution in [1.29, 1.82) is 0 Å². The van der Waals surface area contributed by atoms with Gasteiger partial charge in [-0.3, -0.25) is 0 Å². The summed E-state index contributed by atoms with van der Waals surface area (Å²) in [6, 6.07) is 15.6. The molecule has 0 spiro atoms. The molecule has 0 aliphatic carbocycles. The van der Waals surface area contributed by atoms with E-state index in [-0.39, 0.29) is 6.10 Å². The Balaban J connectivity index is 1.79. The van der Waals surface area contributed by atoms with Crippen molar-refractivity contribution in [1.82, 2.24) is 9.55 Å². The normalized spacial score (nSPS) is 16.5. The average Bonchev–Trinajstić information content (AvgIpc) is 3.01. The number of carbonyl (C=O) groups excluding carboxylic acids is 1. The fraction of sp³-hybridized carbons (Fsp3) is 0.263. The molecule has 2 aromatic carbocycles. The molecule has 0 saturated heterocycles. The number of para-hydroxylation sites is 3. The largest absolute Gasteiger partial charge is 0.482 e. The van der Waals surface area contributed by atoms with Crippen molar-refractivity contribution in [2.24, 2.45) is 0 Å². The number of rotatable bonds is 2. The molecule has 0 saturated carbocycles. The molecule has 1 aliphatic heterocycles. The molecule has 1 aliphatic rings. The van der Waals surface area contributed by atoms with E-state index in [9.17, 15) is 4.79 Å². The highest BCUT2D eigenvalue weighted by atomic mass is 16.5. The zero-order valence-corrected chi connectivity index (χ0v) is 13.4. The van der Waals surface area contributed by atoms with Crippen LogP contribution in [0.5, 0.6) is 5.75 Å². The first kappa shape index (κ1) is 14.8. The van der Waals surface area contributed by atoms with E-state index in [1.165, 1.54) is 10.1 Å². The molecule has 3 aromatic rings. The van der Waals surface area contributed by atoms with E-state index in [0.717, 1.165) is 29.6 Å². The predicted octanol–water partition coefficient (Wildman–Crippen LogP) is 4.11. The standard InChI is InChI=1S/C19H18N2O3/c1-2-23-19(22)21-15-9-5-4-8-14(15)20-18(21)17-12-11-13-7-3-6-10-16(13)24-17/h3-10,17H,2,11-12H2,1H3. The monoisotopic (exact) mass is 322 g/mol. The van der Waals surface area contributed by atoms with Gasteiger partial charge in [-0.25, -0.2) is 14.3 Å². The van der Waals surface area contributed by atoms with Gasteiger partial charge in [0.15, 0.2) is 11.9 Å². The Hall–Kier alpha value is -2.82. The number of benzene rings is 2. The third-order valence-corrected chi connectivity index (χ3v) is 4.24. The Kier molecular flexibility index (Phi) is 3.69. The number of aromatic nitrogens is 2. The molecule has 2 heterocycles. The summed E-state index contributed by atoms with van der Waals surface area (Å²) in [6.45, 7) is 2.11. The second kappa shape index (κ2) is 6.00. The Morgan fingerprint density at radius 3 is 2.92 bits per heavy atom. The van der Waals surface area contributed by atoms with Crippen LogP contribution in [-0.4, -0.2) is 22.3 Å². The van der Waals surface area contributed by atoms with Crippen LogP contribution in [0.4, 0.5) is 4.79 Å². The van der Waals surface area contributed by atoms with Crippen molar-refractivity contribution >= 4 is 17.1 Å². The molecule has 0 radical (unpaired) electrons. The summed E-state index contributed by atoms with van der Waals surface area (Å²) in [6.07, 6.45) is 0.993. The van der Waals surface area contributed by atoms with Crippen molar-refractivity contribution in [3.8, 4) is 5.75 Å². The lowest BCUT2D eigenvalue weighted by Gasteiger charge is -2.25. The Bertz CT molecular complexity index is 901. The minimum atomic E-state index is -0.413. The van der Waals surface area contributed by atoms with Crippen LogP contribution < -0.4 is 4.74 Å². The molecule has 0 amide bonds. The van der Waals surface area contributed by atoms with E-state index < -0.39 is 6.09 Å². The van der Waals surface area contributed by atoms with Crippen LogP contribution in [0.3, 0.4) is 0 Å². The van der Waals surface area contributed by atoms with E-state index >= 15 is 0 Å². The molecule has 122 valence electrons. The smallest absolute Gasteiger partial charge is 0.420 e. The molecule has 1 unspecified atom stereocenters. The van der Waals surface area contributed by atoms with Crippen LogP contribution in [-0.2, 0) is 11.2 Å². The van der Waals surface area contributed by atoms with Gasteiger partial charge in [0, 0.05) is 0 Å². The molecule has 1 aromatic heterocycles. The van der Waals surface area contributed by atoms with E-state index in [1.54, 1.807) is 6.92 Å². The van der Waals surface area contributed by atoms with Gasteiger partial charge in [0.25, 0.3) is 0 Å².